The van der Waals surface area contributed by atoms with Crippen LogP contribution < -0.4 is 10.6 Å². The summed E-state index contributed by atoms with van der Waals surface area (Å²) < 4.78 is 0. The van der Waals surface area contributed by atoms with E-state index in [1.54, 1.807) is 12.1 Å². The molecular formula is C21H26N2O3. The molecule has 0 aliphatic carbocycles. The molecule has 2 atom stereocenters. The minimum absolute atomic E-state index is 0.0413. The Labute approximate surface area is 154 Å². The minimum atomic E-state index is -0.965. The number of hydrogen-bond donors (Lipinski definition) is 4. The van der Waals surface area contributed by atoms with E-state index in [1.807, 2.05) is 37.3 Å². The highest BCUT2D eigenvalue weighted by Gasteiger charge is 2.42. The van der Waals surface area contributed by atoms with Gasteiger partial charge in [-0.05, 0) is 55.8 Å². The lowest BCUT2D eigenvalue weighted by molar-refractivity contribution is -0.0295. The van der Waals surface area contributed by atoms with Crippen molar-refractivity contribution in [3.05, 3.63) is 65.7 Å². The van der Waals surface area contributed by atoms with Crippen LogP contribution in [0, 0.1) is 0 Å². The Morgan fingerprint density at radius 3 is 2.31 bits per heavy atom. The highest BCUT2D eigenvalue weighted by Crippen LogP contribution is 2.32. The predicted octanol–water partition coefficient (Wildman–Crippen LogP) is 2.41. The average Bonchev–Trinajstić information content (AvgIpc) is 2.67. The smallest absolute Gasteiger partial charge is 0.251 e. The van der Waals surface area contributed by atoms with Crippen molar-refractivity contribution in [1.82, 2.24) is 10.6 Å². The number of benzene rings is 2. The number of amides is 1. The van der Waals surface area contributed by atoms with Gasteiger partial charge in [-0.2, -0.15) is 0 Å². The fourth-order valence-electron chi connectivity index (χ4n) is 3.68. The van der Waals surface area contributed by atoms with Crippen LogP contribution in [0.15, 0.2) is 54.6 Å². The third-order valence-electron chi connectivity index (χ3n) is 5.29. The highest BCUT2D eigenvalue weighted by molar-refractivity contribution is 5.94. The van der Waals surface area contributed by atoms with Gasteiger partial charge < -0.3 is 20.8 Å². The van der Waals surface area contributed by atoms with Crippen molar-refractivity contribution >= 4 is 5.91 Å². The number of phenols is 1. The Balaban J connectivity index is 1.87. The Bertz CT molecular complexity index is 725. The fourth-order valence-corrected chi connectivity index (χ4v) is 3.68. The van der Waals surface area contributed by atoms with Gasteiger partial charge >= 0.3 is 0 Å². The molecule has 2 unspecified atom stereocenters. The van der Waals surface area contributed by atoms with E-state index in [-0.39, 0.29) is 17.6 Å². The summed E-state index contributed by atoms with van der Waals surface area (Å²) in [6, 6.07) is 15.7. The van der Waals surface area contributed by atoms with E-state index in [9.17, 15) is 15.0 Å². The fraction of sp³-hybridized carbons (Fsp3) is 0.381. The maximum atomic E-state index is 12.8. The topological polar surface area (TPSA) is 81.6 Å². The molecular weight excluding hydrogens is 328 g/mol. The largest absolute Gasteiger partial charge is 0.508 e. The van der Waals surface area contributed by atoms with Gasteiger partial charge in [0.15, 0.2) is 0 Å². The third kappa shape index (κ3) is 4.06. The van der Waals surface area contributed by atoms with Crippen molar-refractivity contribution in [2.75, 3.05) is 13.1 Å². The van der Waals surface area contributed by atoms with Crippen molar-refractivity contribution < 1.29 is 15.0 Å². The molecule has 26 heavy (non-hydrogen) atoms. The number of carbonyl (C=O) groups is 1. The van der Waals surface area contributed by atoms with Crippen LogP contribution >= 0.6 is 0 Å². The maximum absolute atomic E-state index is 12.8. The van der Waals surface area contributed by atoms with Crippen molar-refractivity contribution in [3.63, 3.8) is 0 Å². The van der Waals surface area contributed by atoms with Crippen molar-refractivity contribution in [2.24, 2.45) is 0 Å². The Hall–Kier alpha value is -2.37. The number of phenolic OH excluding ortho intramolecular Hbond substituents is 1. The Morgan fingerprint density at radius 1 is 1.08 bits per heavy atom. The van der Waals surface area contributed by atoms with Crippen LogP contribution in [0.3, 0.4) is 0 Å². The van der Waals surface area contributed by atoms with Gasteiger partial charge in [-0.25, -0.2) is 0 Å². The lowest BCUT2D eigenvalue weighted by Crippen LogP contribution is -2.59. The second kappa shape index (κ2) is 7.89. The molecule has 0 radical (unpaired) electrons. The molecule has 0 saturated carbocycles. The monoisotopic (exact) mass is 354 g/mol. The molecule has 2 aromatic carbocycles. The van der Waals surface area contributed by atoms with Crippen molar-refractivity contribution in [1.29, 1.82) is 0 Å². The van der Waals surface area contributed by atoms with Gasteiger partial charge in [-0.15, -0.1) is 0 Å². The maximum Gasteiger partial charge on any atom is 0.251 e. The molecule has 1 aliphatic heterocycles. The second-order valence-corrected chi connectivity index (χ2v) is 7.05. The summed E-state index contributed by atoms with van der Waals surface area (Å²) >= 11 is 0. The van der Waals surface area contributed by atoms with E-state index in [4.69, 9.17) is 0 Å². The van der Waals surface area contributed by atoms with Crippen molar-refractivity contribution in [2.45, 2.75) is 37.3 Å². The molecule has 1 aliphatic rings. The molecule has 5 nitrogen and oxygen atoms in total. The minimum Gasteiger partial charge on any atom is -0.508 e. The van der Waals surface area contributed by atoms with Gasteiger partial charge in [0.1, 0.15) is 5.75 Å². The SMILES string of the molecule is CC(c1ccccc1)C(NC(=O)c1ccc(O)cc1)C1(O)CCNCC1. The van der Waals surface area contributed by atoms with E-state index in [0.717, 1.165) is 18.7 Å². The second-order valence-electron chi connectivity index (χ2n) is 7.05. The van der Waals surface area contributed by atoms with Gasteiger partial charge in [0.2, 0.25) is 0 Å². The molecule has 5 heteroatoms. The lowest BCUT2D eigenvalue weighted by atomic mass is 9.76. The van der Waals surface area contributed by atoms with E-state index >= 15 is 0 Å². The summed E-state index contributed by atoms with van der Waals surface area (Å²) in [6.45, 7) is 3.49. The molecule has 0 aromatic heterocycles. The molecule has 3 rings (SSSR count). The normalized spacial score (nSPS) is 18.7. The lowest BCUT2D eigenvalue weighted by Gasteiger charge is -2.42. The molecule has 1 heterocycles. The number of rotatable bonds is 5. The number of aliphatic hydroxyl groups is 1. The zero-order valence-corrected chi connectivity index (χ0v) is 15.0. The summed E-state index contributed by atoms with van der Waals surface area (Å²) in [4.78, 5) is 12.8. The third-order valence-corrected chi connectivity index (χ3v) is 5.29. The van der Waals surface area contributed by atoms with Crippen molar-refractivity contribution in [3.8, 4) is 5.75 Å². The van der Waals surface area contributed by atoms with Gasteiger partial charge in [0.05, 0.1) is 11.6 Å². The zero-order chi connectivity index (χ0) is 18.6. The average molecular weight is 354 g/mol. The molecule has 4 N–H and O–H groups in total. The number of carbonyl (C=O) groups excluding carboxylic acids is 1. The molecule has 1 fully saturated rings. The van der Waals surface area contributed by atoms with Crippen LogP contribution in [0.25, 0.3) is 0 Å². The van der Waals surface area contributed by atoms with E-state index < -0.39 is 11.6 Å². The quantitative estimate of drug-likeness (QED) is 0.665. The van der Waals surface area contributed by atoms with Crippen LogP contribution in [0.1, 0.15) is 41.6 Å². The standard InChI is InChI=1S/C21H26N2O3/c1-15(16-5-3-2-4-6-16)19(21(26)11-13-22-14-12-21)23-20(25)17-7-9-18(24)10-8-17/h2-10,15,19,22,24,26H,11-14H2,1H3,(H,23,25). The molecule has 0 spiro atoms. The molecule has 1 amide bonds. The first-order chi connectivity index (χ1) is 12.5. The van der Waals surface area contributed by atoms with Crippen LogP contribution in [-0.2, 0) is 0 Å². The number of hydrogen-bond acceptors (Lipinski definition) is 4. The Morgan fingerprint density at radius 2 is 1.69 bits per heavy atom. The van der Waals surface area contributed by atoms with Gasteiger partial charge in [0.25, 0.3) is 5.91 Å². The summed E-state index contributed by atoms with van der Waals surface area (Å²) in [5, 5.41) is 27.1. The number of piperidine rings is 1. The summed E-state index contributed by atoms with van der Waals surface area (Å²) in [5.74, 6) is -0.169. The Kier molecular flexibility index (Phi) is 5.59. The molecule has 138 valence electrons. The van der Waals surface area contributed by atoms with Gasteiger partial charge in [-0.1, -0.05) is 37.3 Å². The van der Waals surface area contributed by atoms with Crippen LogP contribution in [0.4, 0.5) is 0 Å². The summed E-state index contributed by atoms with van der Waals surface area (Å²) in [7, 11) is 0. The summed E-state index contributed by atoms with van der Waals surface area (Å²) in [5.41, 5.74) is 0.577. The summed E-state index contributed by atoms with van der Waals surface area (Å²) in [6.07, 6.45) is 1.18. The number of nitrogens with one attached hydrogen (secondary N) is 2. The van der Waals surface area contributed by atoms with Crippen LogP contribution in [0.5, 0.6) is 5.75 Å². The van der Waals surface area contributed by atoms with E-state index in [1.165, 1.54) is 12.1 Å². The van der Waals surface area contributed by atoms with Gasteiger partial charge in [0, 0.05) is 11.5 Å². The highest BCUT2D eigenvalue weighted by atomic mass is 16.3. The van der Waals surface area contributed by atoms with E-state index in [0.29, 0.717) is 18.4 Å². The first-order valence-electron chi connectivity index (χ1n) is 9.07. The molecule has 0 bridgehead atoms. The first-order valence-corrected chi connectivity index (χ1v) is 9.07. The molecule has 1 saturated heterocycles. The van der Waals surface area contributed by atoms with E-state index in [2.05, 4.69) is 10.6 Å². The number of aromatic hydroxyl groups is 1. The van der Waals surface area contributed by atoms with Crippen LogP contribution in [-0.4, -0.2) is 40.9 Å². The molecule has 2 aromatic rings. The first kappa shape index (κ1) is 18.4. The predicted molar refractivity (Wildman–Crippen MR) is 101 cm³/mol. The zero-order valence-electron chi connectivity index (χ0n) is 15.0. The van der Waals surface area contributed by atoms with Gasteiger partial charge in [-0.3, -0.25) is 4.79 Å². The van der Waals surface area contributed by atoms with Crippen LogP contribution in [0.2, 0.25) is 0 Å².